The number of aryl methyl sites for hydroxylation is 1. The van der Waals surface area contributed by atoms with Crippen LogP contribution in [0.3, 0.4) is 0 Å². The number of benzene rings is 1. The summed E-state index contributed by atoms with van der Waals surface area (Å²) in [5.41, 5.74) is 0.795. The monoisotopic (exact) mass is 221 g/mol. The normalized spacial score (nSPS) is 14.4. The molecule has 0 atom stereocenters. The second-order valence-corrected chi connectivity index (χ2v) is 3.68. The third kappa shape index (κ3) is 1.54. The van der Waals surface area contributed by atoms with Crippen LogP contribution in [0, 0.1) is 10.1 Å². The average molecular weight is 221 g/mol. The molecule has 2 rings (SSSR count). The lowest BCUT2D eigenvalue weighted by Gasteiger charge is -2.15. The highest BCUT2D eigenvalue weighted by atomic mass is 16.6. The van der Waals surface area contributed by atoms with Gasteiger partial charge in [-0.15, -0.1) is 0 Å². The number of ketones is 1. The Morgan fingerprint density at radius 3 is 2.75 bits per heavy atom. The molecule has 0 bridgehead atoms. The van der Waals surface area contributed by atoms with Crippen LogP contribution in [0.5, 0.6) is 5.75 Å². The summed E-state index contributed by atoms with van der Waals surface area (Å²) < 4.78 is 4.93. The molecule has 1 aromatic carbocycles. The standard InChI is InChI=1S/C11H11NO4/c1-16-9-6-5-7-3-2-4-8(13)10(7)11(9)12(14)15/h5-6H,2-4H2,1H3. The second kappa shape index (κ2) is 3.92. The number of hydrogen-bond donors (Lipinski definition) is 0. The topological polar surface area (TPSA) is 69.4 Å². The minimum Gasteiger partial charge on any atom is -0.490 e. The van der Waals surface area contributed by atoms with E-state index in [2.05, 4.69) is 0 Å². The summed E-state index contributed by atoms with van der Waals surface area (Å²) in [6, 6.07) is 3.29. The maximum absolute atomic E-state index is 11.7. The summed E-state index contributed by atoms with van der Waals surface area (Å²) in [4.78, 5) is 22.1. The van der Waals surface area contributed by atoms with E-state index < -0.39 is 4.92 Å². The zero-order chi connectivity index (χ0) is 11.7. The predicted octanol–water partition coefficient (Wildman–Crippen LogP) is 2.12. The zero-order valence-corrected chi connectivity index (χ0v) is 8.86. The highest BCUT2D eigenvalue weighted by Crippen LogP contribution is 2.36. The van der Waals surface area contributed by atoms with Crippen LogP contribution in [0.15, 0.2) is 12.1 Å². The molecule has 0 saturated carbocycles. The van der Waals surface area contributed by atoms with Crippen LogP contribution in [-0.2, 0) is 6.42 Å². The van der Waals surface area contributed by atoms with Gasteiger partial charge in [-0.05, 0) is 24.5 Å². The van der Waals surface area contributed by atoms with Gasteiger partial charge in [0.25, 0.3) is 0 Å². The van der Waals surface area contributed by atoms with Crippen molar-refractivity contribution < 1.29 is 14.5 Å². The predicted molar refractivity (Wildman–Crippen MR) is 56.9 cm³/mol. The maximum atomic E-state index is 11.7. The molecule has 0 unspecified atom stereocenters. The molecule has 0 N–H and O–H groups in total. The van der Waals surface area contributed by atoms with E-state index in [1.807, 2.05) is 0 Å². The van der Waals surface area contributed by atoms with Gasteiger partial charge in [-0.1, -0.05) is 6.07 Å². The summed E-state index contributed by atoms with van der Waals surface area (Å²) in [5, 5.41) is 11.0. The number of nitro benzene ring substituents is 1. The molecule has 0 aromatic heterocycles. The Hall–Kier alpha value is -1.91. The molecule has 0 fully saturated rings. The third-order valence-electron chi connectivity index (χ3n) is 2.76. The number of fused-ring (bicyclic) bond motifs is 1. The van der Waals surface area contributed by atoms with Crippen LogP contribution in [0.25, 0.3) is 0 Å². The van der Waals surface area contributed by atoms with Crippen molar-refractivity contribution in [3.8, 4) is 5.75 Å². The van der Waals surface area contributed by atoms with Gasteiger partial charge in [0.05, 0.1) is 12.0 Å². The molecule has 16 heavy (non-hydrogen) atoms. The Morgan fingerprint density at radius 2 is 2.12 bits per heavy atom. The van der Waals surface area contributed by atoms with Gasteiger partial charge in [-0.3, -0.25) is 14.9 Å². The first-order valence-corrected chi connectivity index (χ1v) is 5.02. The fourth-order valence-corrected chi connectivity index (χ4v) is 2.04. The lowest BCUT2D eigenvalue weighted by molar-refractivity contribution is -0.386. The van der Waals surface area contributed by atoms with Crippen molar-refractivity contribution in [2.75, 3.05) is 7.11 Å². The van der Waals surface area contributed by atoms with E-state index in [4.69, 9.17) is 4.74 Å². The van der Waals surface area contributed by atoms with Crippen LogP contribution in [0.4, 0.5) is 5.69 Å². The first-order chi connectivity index (χ1) is 7.65. The first kappa shape index (κ1) is 10.6. The van der Waals surface area contributed by atoms with Crippen molar-refractivity contribution in [1.82, 2.24) is 0 Å². The van der Waals surface area contributed by atoms with E-state index in [0.29, 0.717) is 12.8 Å². The molecule has 0 aliphatic heterocycles. The zero-order valence-electron chi connectivity index (χ0n) is 8.86. The number of methoxy groups -OCH3 is 1. The van der Waals surface area contributed by atoms with Gasteiger partial charge in [0.2, 0.25) is 0 Å². The van der Waals surface area contributed by atoms with Gasteiger partial charge in [0, 0.05) is 6.42 Å². The number of nitro groups is 1. The number of carbonyl (C=O) groups excluding carboxylic acids is 1. The number of carbonyl (C=O) groups is 1. The van der Waals surface area contributed by atoms with Crippen molar-refractivity contribution in [3.05, 3.63) is 33.4 Å². The van der Waals surface area contributed by atoms with Gasteiger partial charge in [0.1, 0.15) is 5.56 Å². The molecule has 1 aliphatic rings. The summed E-state index contributed by atoms with van der Waals surface area (Å²) in [5.74, 6) is -0.00847. The van der Waals surface area contributed by atoms with Crippen molar-refractivity contribution in [3.63, 3.8) is 0 Å². The van der Waals surface area contributed by atoms with Crippen molar-refractivity contribution in [2.24, 2.45) is 0 Å². The van der Waals surface area contributed by atoms with E-state index in [9.17, 15) is 14.9 Å². The maximum Gasteiger partial charge on any atom is 0.321 e. The molecule has 0 spiro atoms. The molecular formula is C11H11NO4. The van der Waals surface area contributed by atoms with Gasteiger partial charge in [0.15, 0.2) is 11.5 Å². The summed E-state index contributed by atoms with van der Waals surface area (Å²) >= 11 is 0. The average Bonchev–Trinajstić information content (AvgIpc) is 2.27. The van der Waals surface area contributed by atoms with E-state index in [0.717, 1.165) is 12.0 Å². The summed E-state index contributed by atoms with van der Waals surface area (Å²) in [7, 11) is 1.36. The van der Waals surface area contributed by atoms with E-state index in [-0.39, 0.29) is 22.8 Å². The Kier molecular flexibility index (Phi) is 2.60. The number of nitrogens with zero attached hydrogens (tertiary/aromatic N) is 1. The van der Waals surface area contributed by atoms with Crippen LogP contribution in [0.2, 0.25) is 0 Å². The molecule has 5 heteroatoms. The quantitative estimate of drug-likeness (QED) is 0.566. The summed E-state index contributed by atoms with van der Waals surface area (Å²) in [6.45, 7) is 0. The number of rotatable bonds is 2. The minimum absolute atomic E-state index is 0.152. The van der Waals surface area contributed by atoms with Crippen molar-refractivity contribution in [1.29, 1.82) is 0 Å². The van der Waals surface area contributed by atoms with E-state index >= 15 is 0 Å². The second-order valence-electron chi connectivity index (χ2n) is 3.68. The Balaban J connectivity index is 2.70. The molecule has 1 aliphatic carbocycles. The number of hydrogen-bond acceptors (Lipinski definition) is 4. The highest BCUT2D eigenvalue weighted by molar-refractivity contribution is 6.03. The Bertz CT molecular complexity index is 452. The summed E-state index contributed by atoms with van der Waals surface area (Å²) in [6.07, 6.45) is 1.85. The Morgan fingerprint density at radius 1 is 1.38 bits per heavy atom. The van der Waals surface area contributed by atoms with Crippen LogP contribution >= 0.6 is 0 Å². The van der Waals surface area contributed by atoms with E-state index in [1.54, 1.807) is 12.1 Å². The molecule has 0 amide bonds. The van der Waals surface area contributed by atoms with Gasteiger partial charge < -0.3 is 4.74 Å². The van der Waals surface area contributed by atoms with Crippen LogP contribution < -0.4 is 4.74 Å². The fraction of sp³-hybridized carbons (Fsp3) is 0.364. The first-order valence-electron chi connectivity index (χ1n) is 5.02. The largest absolute Gasteiger partial charge is 0.490 e. The lowest BCUT2D eigenvalue weighted by Crippen LogP contribution is -2.14. The lowest BCUT2D eigenvalue weighted by atomic mass is 9.89. The molecular weight excluding hydrogens is 210 g/mol. The van der Waals surface area contributed by atoms with Crippen LogP contribution in [0.1, 0.15) is 28.8 Å². The molecule has 5 nitrogen and oxygen atoms in total. The molecule has 1 aromatic rings. The highest BCUT2D eigenvalue weighted by Gasteiger charge is 2.30. The fourth-order valence-electron chi connectivity index (χ4n) is 2.04. The third-order valence-corrected chi connectivity index (χ3v) is 2.76. The number of Topliss-reactive ketones (excluding diaryl/α,β-unsaturated/α-hetero) is 1. The SMILES string of the molecule is COc1ccc2c(c1[N+](=O)[O-])C(=O)CCC2. The molecule has 0 radical (unpaired) electrons. The van der Waals surface area contributed by atoms with Gasteiger partial charge in [-0.2, -0.15) is 0 Å². The van der Waals surface area contributed by atoms with Gasteiger partial charge >= 0.3 is 5.69 Å². The van der Waals surface area contributed by atoms with E-state index in [1.165, 1.54) is 7.11 Å². The minimum atomic E-state index is -0.541. The van der Waals surface area contributed by atoms with Crippen LogP contribution in [-0.4, -0.2) is 17.8 Å². The molecule has 84 valence electrons. The Labute approximate surface area is 92.2 Å². The molecule has 0 heterocycles. The van der Waals surface area contributed by atoms with Crippen molar-refractivity contribution >= 4 is 11.5 Å². The van der Waals surface area contributed by atoms with Gasteiger partial charge in [-0.25, -0.2) is 0 Å². The molecule has 0 saturated heterocycles. The van der Waals surface area contributed by atoms with Crippen molar-refractivity contribution in [2.45, 2.75) is 19.3 Å². The smallest absolute Gasteiger partial charge is 0.321 e. The number of ether oxygens (including phenoxy) is 1.